The monoisotopic (exact) mass is 292 g/mol. The van der Waals surface area contributed by atoms with Gasteiger partial charge in [0.05, 0.1) is 23.8 Å². The zero-order chi connectivity index (χ0) is 14.1. The standard InChI is InChI=1S/C13H16N4O2S/c1-9-10(8-16(2)15-9)7-11-12(18)14-13(20-11)17-3-5-19-6-4-17/h7-8H,3-6H2,1-2H3/b11-7+. The number of ether oxygens (including phenoxy) is 1. The van der Waals surface area contributed by atoms with Gasteiger partial charge in [-0.05, 0) is 24.8 Å². The first kappa shape index (κ1) is 13.4. The second-order valence-corrected chi connectivity index (χ2v) is 5.76. The van der Waals surface area contributed by atoms with Crippen LogP contribution in [0.15, 0.2) is 16.1 Å². The van der Waals surface area contributed by atoms with Crippen molar-refractivity contribution in [2.45, 2.75) is 6.92 Å². The van der Waals surface area contributed by atoms with Crippen molar-refractivity contribution >= 4 is 28.9 Å². The summed E-state index contributed by atoms with van der Waals surface area (Å²) in [5.41, 5.74) is 1.87. The Hall–Kier alpha value is -1.60. The van der Waals surface area contributed by atoms with Crippen molar-refractivity contribution in [3.63, 3.8) is 0 Å². The fourth-order valence-electron chi connectivity index (χ4n) is 2.19. The Balaban J connectivity index is 1.77. The van der Waals surface area contributed by atoms with Gasteiger partial charge >= 0.3 is 0 Å². The Morgan fingerprint density at radius 2 is 2.15 bits per heavy atom. The summed E-state index contributed by atoms with van der Waals surface area (Å²) in [6.07, 6.45) is 3.77. The minimum atomic E-state index is -0.167. The molecular formula is C13H16N4O2S. The van der Waals surface area contributed by atoms with E-state index in [1.807, 2.05) is 26.2 Å². The number of morpholine rings is 1. The molecule has 0 bridgehead atoms. The summed E-state index contributed by atoms with van der Waals surface area (Å²) in [7, 11) is 1.87. The van der Waals surface area contributed by atoms with Crippen LogP contribution in [0, 0.1) is 6.92 Å². The maximum Gasteiger partial charge on any atom is 0.286 e. The summed E-state index contributed by atoms with van der Waals surface area (Å²) in [5.74, 6) is -0.167. The molecule has 0 radical (unpaired) electrons. The Bertz CT molecular complexity index is 600. The summed E-state index contributed by atoms with van der Waals surface area (Å²) in [5, 5.41) is 5.06. The van der Waals surface area contributed by atoms with Crippen molar-refractivity contribution < 1.29 is 9.53 Å². The molecule has 0 spiro atoms. The molecule has 0 unspecified atom stereocenters. The molecule has 0 N–H and O–H groups in total. The largest absolute Gasteiger partial charge is 0.378 e. The molecular weight excluding hydrogens is 276 g/mol. The lowest BCUT2D eigenvalue weighted by atomic mass is 10.2. The van der Waals surface area contributed by atoms with E-state index < -0.39 is 0 Å². The van der Waals surface area contributed by atoms with Crippen LogP contribution in [-0.4, -0.2) is 52.1 Å². The molecule has 1 fully saturated rings. The number of aryl methyl sites for hydroxylation is 2. The van der Waals surface area contributed by atoms with Gasteiger partial charge in [0, 0.05) is 31.9 Å². The van der Waals surface area contributed by atoms with Gasteiger partial charge in [-0.3, -0.25) is 9.48 Å². The van der Waals surface area contributed by atoms with Gasteiger partial charge in [0.1, 0.15) is 0 Å². The number of carbonyl (C=O) groups is 1. The first-order valence-electron chi connectivity index (χ1n) is 6.49. The van der Waals surface area contributed by atoms with E-state index in [1.165, 1.54) is 11.8 Å². The lowest BCUT2D eigenvalue weighted by molar-refractivity contribution is -0.113. The highest BCUT2D eigenvalue weighted by Gasteiger charge is 2.27. The van der Waals surface area contributed by atoms with Gasteiger partial charge in [-0.15, -0.1) is 0 Å². The van der Waals surface area contributed by atoms with Gasteiger partial charge in [0.25, 0.3) is 5.91 Å². The molecule has 2 aliphatic rings. The number of hydrogen-bond acceptors (Lipinski definition) is 5. The van der Waals surface area contributed by atoms with Gasteiger partial charge < -0.3 is 9.64 Å². The minimum absolute atomic E-state index is 0.167. The Kier molecular flexibility index (Phi) is 3.62. The van der Waals surface area contributed by atoms with Crippen molar-refractivity contribution in [2.75, 3.05) is 26.3 Å². The van der Waals surface area contributed by atoms with Crippen LogP contribution in [-0.2, 0) is 16.6 Å². The van der Waals surface area contributed by atoms with E-state index in [0.717, 1.165) is 29.5 Å². The molecule has 2 aliphatic heterocycles. The van der Waals surface area contributed by atoms with E-state index in [1.54, 1.807) is 4.68 Å². The van der Waals surface area contributed by atoms with Crippen LogP contribution in [0.4, 0.5) is 0 Å². The van der Waals surface area contributed by atoms with Crippen molar-refractivity contribution in [1.29, 1.82) is 0 Å². The Morgan fingerprint density at radius 3 is 2.80 bits per heavy atom. The molecule has 7 heteroatoms. The molecule has 3 heterocycles. The summed E-state index contributed by atoms with van der Waals surface area (Å²) >= 11 is 1.43. The fraction of sp³-hybridized carbons (Fsp3) is 0.462. The van der Waals surface area contributed by atoms with Crippen molar-refractivity contribution in [3.8, 4) is 0 Å². The zero-order valence-electron chi connectivity index (χ0n) is 11.5. The van der Waals surface area contributed by atoms with Crippen LogP contribution in [0.3, 0.4) is 0 Å². The van der Waals surface area contributed by atoms with Crippen molar-refractivity contribution in [3.05, 3.63) is 22.4 Å². The smallest absolute Gasteiger partial charge is 0.286 e. The predicted octanol–water partition coefficient (Wildman–Crippen LogP) is 1.03. The molecule has 0 aliphatic carbocycles. The van der Waals surface area contributed by atoms with Gasteiger partial charge in [0.15, 0.2) is 5.17 Å². The number of rotatable bonds is 1. The third-order valence-electron chi connectivity index (χ3n) is 3.23. The SMILES string of the molecule is Cc1nn(C)cc1/C=C1/SC(N2CCOCC2)=NC1=O. The molecule has 0 atom stereocenters. The van der Waals surface area contributed by atoms with Crippen LogP contribution >= 0.6 is 11.8 Å². The molecule has 3 rings (SSSR count). The van der Waals surface area contributed by atoms with Crippen molar-refractivity contribution in [2.24, 2.45) is 12.0 Å². The van der Waals surface area contributed by atoms with E-state index in [9.17, 15) is 4.79 Å². The van der Waals surface area contributed by atoms with Crippen LogP contribution in [0.2, 0.25) is 0 Å². The average Bonchev–Trinajstić information content (AvgIpc) is 2.95. The van der Waals surface area contributed by atoms with Gasteiger partial charge in [0.2, 0.25) is 0 Å². The third kappa shape index (κ3) is 2.64. The second kappa shape index (κ2) is 5.41. The van der Waals surface area contributed by atoms with Crippen molar-refractivity contribution in [1.82, 2.24) is 14.7 Å². The minimum Gasteiger partial charge on any atom is -0.378 e. The molecule has 0 saturated carbocycles. The molecule has 20 heavy (non-hydrogen) atoms. The fourth-order valence-corrected chi connectivity index (χ4v) is 3.14. The summed E-state index contributed by atoms with van der Waals surface area (Å²) < 4.78 is 7.06. The van der Waals surface area contributed by atoms with Gasteiger partial charge in [-0.1, -0.05) is 0 Å². The van der Waals surface area contributed by atoms with Crippen LogP contribution in [0.5, 0.6) is 0 Å². The molecule has 0 aromatic carbocycles. The van der Waals surface area contributed by atoms with Gasteiger partial charge in [-0.25, -0.2) is 0 Å². The molecule has 1 saturated heterocycles. The second-order valence-electron chi connectivity index (χ2n) is 4.75. The van der Waals surface area contributed by atoms with E-state index in [-0.39, 0.29) is 5.91 Å². The van der Waals surface area contributed by atoms with E-state index in [2.05, 4.69) is 15.0 Å². The quantitative estimate of drug-likeness (QED) is 0.724. The number of aliphatic imine (C=N–C) groups is 1. The first-order chi connectivity index (χ1) is 9.63. The highest BCUT2D eigenvalue weighted by atomic mass is 32.2. The first-order valence-corrected chi connectivity index (χ1v) is 7.30. The highest BCUT2D eigenvalue weighted by molar-refractivity contribution is 8.18. The molecule has 1 aromatic rings. The lowest BCUT2D eigenvalue weighted by Gasteiger charge is -2.27. The molecule has 6 nitrogen and oxygen atoms in total. The average molecular weight is 292 g/mol. The summed E-state index contributed by atoms with van der Waals surface area (Å²) in [6, 6.07) is 0. The summed E-state index contributed by atoms with van der Waals surface area (Å²) in [4.78, 5) is 18.9. The van der Waals surface area contributed by atoms with Crippen LogP contribution in [0.25, 0.3) is 6.08 Å². The van der Waals surface area contributed by atoms with Crippen LogP contribution in [0.1, 0.15) is 11.3 Å². The van der Waals surface area contributed by atoms with Gasteiger partial charge in [-0.2, -0.15) is 10.1 Å². The van der Waals surface area contributed by atoms with E-state index in [4.69, 9.17) is 4.74 Å². The number of thioether (sulfide) groups is 1. The van der Waals surface area contributed by atoms with E-state index in [0.29, 0.717) is 18.1 Å². The summed E-state index contributed by atoms with van der Waals surface area (Å²) in [6.45, 7) is 4.89. The normalized spacial score (nSPS) is 21.7. The highest BCUT2D eigenvalue weighted by Crippen LogP contribution is 2.30. The maximum atomic E-state index is 12.0. The predicted molar refractivity (Wildman–Crippen MR) is 78.3 cm³/mol. The number of aromatic nitrogens is 2. The third-order valence-corrected chi connectivity index (χ3v) is 4.27. The van der Waals surface area contributed by atoms with Crippen LogP contribution < -0.4 is 0 Å². The molecule has 1 amide bonds. The number of nitrogens with zero attached hydrogens (tertiary/aromatic N) is 4. The number of amidine groups is 1. The Labute approximate surface area is 121 Å². The number of carbonyl (C=O) groups excluding carboxylic acids is 1. The lowest BCUT2D eigenvalue weighted by Crippen LogP contribution is -2.38. The van der Waals surface area contributed by atoms with E-state index >= 15 is 0 Å². The number of amides is 1. The topological polar surface area (TPSA) is 59.7 Å². The molecule has 106 valence electrons. The molecule has 1 aromatic heterocycles. The zero-order valence-corrected chi connectivity index (χ0v) is 12.3. The maximum absolute atomic E-state index is 12.0. The Morgan fingerprint density at radius 1 is 1.40 bits per heavy atom. The number of hydrogen-bond donors (Lipinski definition) is 0.